The Morgan fingerprint density at radius 1 is 0.717 bits per heavy atom. The molecule has 2 unspecified atom stereocenters. The number of carbonyl (C=O) groups is 1. The van der Waals surface area contributed by atoms with E-state index < -0.39 is 38.3 Å². The first-order chi connectivity index (χ1) is 21.9. The largest absolute Gasteiger partial charge is 0.463 e. The number of aliphatic hydroxyl groups excluding tert-OH is 2. The average Bonchev–Trinajstić information content (AvgIpc) is 3.01. The first kappa shape index (κ1) is 44.9. The number of aliphatic hydroxyl groups is 3. The second-order valence-electron chi connectivity index (χ2n) is 13.4. The van der Waals surface area contributed by atoms with E-state index in [-0.39, 0.29) is 30.5 Å². The molecule has 46 heavy (non-hydrogen) atoms. The third-order valence-electron chi connectivity index (χ3n) is 8.64. The summed E-state index contributed by atoms with van der Waals surface area (Å²) in [4.78, 5) is 22.3. The van der Waals surface area contributed by atoms with Gasteiger partial charge in [-0.1, -0.05) is 95.4 Å². The van der Waals surface area contributed by atoms with E-state index in [0.29, 0.717) is 6.42 Å². The van der Waals surface area contributed by atoms with Gasteiger partial charge < -0.3 is 34.0 Å². The van der Waals surface area contributed by atoms with Crippen LogP contribution in [0, 0.1) is 0 Å². The van der Waals surface area contributed by atoms with Crippen LogP contribution >= 0.6 is 7.60 Å². The molecule has 0 saturated heterocycles. The van der Waals surface area contributed by atoms with Crippen LogP contribution in [0.15, 0.2) is 24.3 Å². The van der Waals surface area contributed by atoms with Crippen molar-refractivity contribution in [2.24, 2.45) is 0 Å². The van der Waals surface area contributed by atoms with Crippen molar-refractivity contribution in [3.05, 3.63) is 24.3 Å². The third kappa shape index (κ3) is 26.9. The highest BCUT2D eigenvalue weighted by Gasteiger charge is 2.41. The summed E-state index contributed by atoms with van der Waals surface area (Å²) in [5.41, 5.74) is 0. The number of carbonyl (C=O) groups excluding carboxylic acids is 1. The smallest absolute Gasteiger partial charge is 0.384 e. The molecule has 0 heterocycles. The van der Waals surface area contributed by atoms with E-state index in [1.165, 1.54) is 103 Å². The molecule has 0 aromatic carbocycles. The van der Waals surface area contributed by atoms with E-state index in [4.69, 9.17) is 19.5 Å². The van der Waals surface area contributed by atoms with Gasteiger partial charge in [0.25, 0.3) is 0 Å². The molecule has 0 aromatic heterocycles. The van der Waals surface area contributed by atoms with Gasteiger partial charge in [-0.15, -0.1) is 0 Å². The molecule has 0 rings (SSSR count). The van der Waals surface area contributed by atoms with Gasteiger partial charge in [0.2, 0.25) is 0 Å². The Bertz CT molecular complexity index is 833. The molecule has 0 aliphatic heterocycles. The Morgan fingerprint density at radius 3 is 1.61 bits per heavy atom. The third-order valence-corrected chi connectivity index (χ3v) is 10.7. The molecule has 4 N–H and O–H groups in total. The van der Waals surface area contributed by atoms with Crippen LogP contribution in [0.4, 0.5) is 0 Å². The summed E-state index contributed by atoms with van der Waals surface area (Å²) >= 11 is 0. The monoisotopic (exact) mass is 676 g/mol. The molecular weight excluding hydrogens is 605 g/mol. The van der Waals surface area contributed by atoms with Gasteiger partial charge in [0.15, 0.2) is 12.1 Å². The second-order valence-corrected chi connectivity index (χ2v) is 15.5. The molecule has 0 spiro atoms. The minimum atomic E-state index is -4.12. The number of allylic oxidation sites excluding steroid dienone is 4. The molecule has 0 bridgehead atoms. The zero-order valence-corrected chi connectivity index (χ0v) is 30.7. The zero-order chi connectivity index (χ0) is 34.5. The van der Waals surface area contributed by atoms with Crippen LogP contribution in [-0.2, 0) is 18.6 Å². The van der Waals surface area contributed by atoms with E-state index in [2.05, 4.69) is 31.2 Å². The summed E-state index contributed by atoms with van der Waals surface area (Å²) in [6.07, 6.45) is 30.3. The fourth-order valence-electron chi connectivity index (χ4n) is 5.09. The summed E-state index contributed by atoms with van der Waals surface area (Å²) in [6.45, 7) is 3.29. The number of ether oxygens (including phenoxy) is 1. The van der Waals surface area contributed by atoms with E-state index in [1.54, 1.807) is 14.1 Å². The molecule has 0 fully saturated rings. The molecule has 3 atom stereocenters. The van der Waals surface area contributed by atoms with Crippen molar-refractivity contribution in [1.82, 2.24) is 0 Å². The normalized spacial score (nSPS) is 15.2. The van der Waals surface area contributed by atoms with Crippen LogP contribution in [0.25, 0.3) is 0 Å². The maximum atomic E-state index is 12.6. The number of nitrogens with zero attached hydrogens (tertiary/aromatic N) is 1. The van der Waals surface area contributed by atoms with E-state index in [1.807, 2.05) is 0 Å². The van der Waals surface area contributed by atoms with Crippen LogP contribution in [0.2, 0.25) is 0 Å². The minimum Gasteiger partial charge on any atom is -0.463 e. The first-order valence-corrected chi connectivity index (χ1v) is 19.9. The van der Waals surface area contributed by atoms with Gasteiger partial charge in [-0.05, 0) is 64.7 Å². The van der Waals surface area contributed by atoms with Crippen LogP contribution in [0.3, 0.4) is 0 Å². The number of unbranched alkanes of at least 4 members (excludes halogenated alkanes) is 16. The van der Waals surface area contributed by atoms with Gasteiger partial charge in [-0.25, -0.2) is 0 Å². The zero-order valence-electron chi connectivity index (χ0n) is 29.8. The summed E-state index contributed by atoms with van der Waals surface area (Å²) in [6, 6.07) is 0. The van der Waals surface area contributed by atoms with Gasteiger partial charge in [0.05, 0.1) is 27.2 Å². The molecule has 9 nitrogen and oxygen atoms in total. The first-order valence-electron chi connectivity index (χ1n) is 18.2. The number of hydrogen-bond donors (Lipinski definition) is 4. The van der Waals surface area contributed by atoms with E-state index >= 15 is 0 Å². The van der Waals surface area contributed by atoms with Gasteiger partial charge in [0, 0.05) is 12.8 Å². The quantitative estimate of drug-likeness (QED) is 0.0140. The van der Waals surface area contributed by atoms with Crippen molar-refractivity contribution in [3.8, 4) is 0 Å². The lowest BCUT2D eigenvalue weighted by atomic mass is 10.1. The highest BCUT2D eigenvalue weighted by atomic mass is 31.2. The lowest BCUT2D eigenvalue weighted by Crippen LogP contribution is -2.48. The number of hydrogen-bond acceptors (Lipinski definition) is 7. The standard InChI is InChI=1S/C36H70NO8P/c1-5-6-7-8-9-10-11-12-13-14-15-16-17-18-19-20-21-22-23-24-25-26-27-28-36(41)44-31-34(38)32-45-46(42,43)33(2)37(3,4)30-29-35(39)40/h11-12,23-24,33-35,38-40H,5-10,13-22,25-32H2,1-4H3/p+1/b12-11-,24-23-/t33?,34-/m1/s1. The lowest BCUT2D eigenvalue weighted by molar-refractivity contribution is -0.901. The van der Waals surface area contributed by atoms with Crippen molar-refractivity contribution in [1.29, 1.82) is 0 Å². The van der Waals surface area contributed by atoms with E-state index in [0.717, 1.165) is 19.3 Å². The molecule has 272 valence electrons. The Hall–Kier alpha value is -1.06. The number of quaternary nitrogens is 1. The van der Waals surface area contributed by atoms with Crippen molar-refractivity contribution in [2.45, 2.75) is 167 Å². The highest BCUT2D eigenvalue weighted by Crippen LogP contribution is 2.50. The molecule has 0 saturated carbocycles. The number of rotatable bonds is 32. The molecule has 0 amide bonds. The molecule has 0 radical (unpaired) electrons. The topological polar surface area (TPSA) is 134 Å². The Labute approximate surface area is 281 Å². The fourth-order valence-corrected chi connectivity index (χ4v) is 6.60. The Morgan fingerprint density at radius 2 is 1.15 bits per heavy atom. The van der Waals surface area contributed by atoms with Gasteiger partial charge in [0.1, 0.15) is 12.7 Å². The molecule has 0 aliphatic carbocycles. The van der Waals surface area contributed by atoms with E-state index in [9.17, 15) is 19.4 Å². The van der Waals surface area contributed by atoms with Crippen molar-refractivity contribution in [3.63, 3.8) is 0 Å². The average molecular weight is 677 g/mol. The molecule has 10 heteroatoms. The maximum absolute atomic E-state index is 12.6. The van der Waals surface area contributed by atoms with Gasteiger partial charge in [-0.3, -0.25) is 9.36 Å². The Kier molecular flexibility index (Phi) is 28.2. The van der Waals surface area contributed by atoms with Crippen molar-refractivity contribution < 1.29 is 43.3 Å². The predicted octanol–water partition coefficient (Wildman–Crippen LogP) is 8.15. The van der Waals surface area contributed by atoms with Crippen molar-refractivity contribution >= 4 is 13.6 Å². The van der Waals surface area contributed by atoms with Crippen LogP contribution in [-0.4, -0.2) is 82.7 Å². The van der Waals surface area contributed by atoms with Crippen LogP contribution in [0.1, 0.15) is 149 Å². The molecular formula is C36H71NO8P+. The lowest BCUT2D eigenvalue weighted by Gasteiger charge is -2.37. The highest BCUT2D eigenvalue weighted by molar-refractivity contribution is 7.53. The van der Waals surface area contributed by atoms with Crippen LogP contribution in [0.5, 0.6) is 0 Å². The minimum absolute atomic E-state index is 0.0315. The summed E-state index contributed by atoms with van der Waals surface area (Å²) in [7, 11) is -0.741. The summed E-state index contributed by atoms with van der Waals surface area (Å²) in [5, 5.41) is 28.2. The number of esters is 1. The summed E-state index contributed by atoms with van der Waals surface area (Å²) < 4.78 is 22.9. The summed E-state index contributed by atoms with van der Waals surface area (Å²) in [5.74, 6) is -1.27. The molecule has 0 aliphatic rings. The van der Waals surface area contributed by atoms with Gasteiger partial charge >= 0.3 is 13.6 Å². The second kappa shape index (κ2) is 28.9. The SMILES string of the molecule is CCCCCCC/C=C\CCCCCCCCCC/C=C\CCCCC(=O)OC[C@@H](O)COP(=O)(O)C(C)[N+](C)(C)CCC(O)O. The predicted molar refractivity (Wildman–Crippen MR) is 188 cm³/mol. The van der Waals surface area contributed by atoms with Gasteiger partial charge in [-0.2, -0.15) is 0 Å². The fraction of sp³-hybridized carbons (Fsp3) is 0.861. The molecule has 0 aromatic rings. The maximum Gasteiger partial charge on any atom is 0.384 e. The Balaban J connectivity index is 3.68. The van der Waals surface area contributed by atoms with Crippen molar-refractivity contribution in [2.75, 3.05) is 33.9 Å². The van der Waals surface area contributed by atoms with Crippen LogP contribution < -0.4 is 0 Å².